The zero-order chi connectivity index (χ0) is 10.1. The molecule has 0 amide bonds. The fourth-order valence-electron chi connectivity index (χ4n) is 2.11. The van der Waals surface area contributed by atoms with Crippen LogP contribution in [0.2, 0.25) is 0 Å². The second kappa shape index (κ2) is 3.50. The van der Waals surface area contributed by atoms with Gasteiger partial charge in [-0.3, -0.25) is 4.98 Å². The number of fused-ring (bicyclic) bond motifs is 2. The Morgan fingerprint density at radius 3 is 2.73 bits per heavy atom. The molecule has 0 fully saturated rings. The van der Waals surface area contributed by atoms with Gasteiger partial charge in [-0.15, -0.1) is 0 Å². The highest BCUT2D eigenvalue weighted by Gasteiger charge is 2.12. The van der Waals surface area contributed by atoms with Crippen molar-refractivity contribution in [1.82, 2.24) is 4.98 Å². The third kappa shape index (κ3) is 1.54. The molecular weight excluding hydrogens is 182 g/mol. The van der Waals surface area contributed by atoms with E-state index in [9.17, 15) is 0 Å². The van der Waals surface area contributed by atoms with Crippen LogP contribution in [0.5, 0.6) is 0 Å². The molecule has 0 unspecified atom stereocenters. The van der Waals surface area contributed by atoms with Crippen LogP contribution >= 0.6 is 0 Å². The average Bonchev–Trinajstić information content (AvgIpc) is 2.48. The monoisotopic (exact) mass is 194 g/mol. The van der Waals surface area contributed by atoms with Gasteiger partial charge in [-0.05, 0) is 35.6 Å². The summed E-state index contributed by atoms with van der Waals surface area (Å²) in [5, 5.41) is 0. The summed E-state index contributed by atoms with van der Waals surface area (Å²) in [6.45, 7) is 0. The standard InChI is InChI=1S/C14H12N/c1-2-5-12-10-13-6-3-9-15-14(13)8-7-11(12)4-1/h1-6,9-10H,7-8H2. The highest BCUT2D eigenvalue weighted by molar-refractivity contribution is 5.46. The fourth-order valence-corrected chi connectivity index (χ4v) is 2.11. The van der Waals surface area contributed by atoms with Crippen molar-refractivity contribution in [3.8, 4) is 0 Å². The van der Waals surface area contributed by atoms with Gasteiger partial charge in [0, 0.05) is 18.3 Å². The summed E-state index contributed by atoms with van der Waals surface area (Å²) in [4.78, 5) is 4.43. The fraction of sp³-hybridized carbons (Fsp3) is 0.143. The molecule has 0 saturated carbocycles. The Bertz CT molecular complexity index is 443. The molecule has 1 aromatic carbocycles. The van der Waals surface area contributed by atoms with Gasteiger partial charge in [0.25, 0.3) is 0 Å². The molecule has 0 aliphatic heterocycles. The van der Waals surface area contributed by atoms with Crippen LogP contribution in [0.15, 0.2) is 42.6 Å². The summed E-state index contributed by atoms with van der Waals surface area (Å²) in [6, 6.07) is 12.7. The zero-order valence-electron chi connectivity index (χ0n) is 8.48. The summed E-state index contributed by atoms with van der Waals surface area (Å²) >= 11 is 0. The maximum atomic E-state index is 4.43. The van der Waals surface area contributed by atoms with Crippen molar-refractivity contribution in [2.45, 2.75) is 12.8 Å². The first-order valence-electron chi connectivity index (χ1n) is 5.30. The number of nitrogens with zero attached hydrogens (tertiary/aromatic N) is 1. The van der Waals surface area contributed by atoms with E-state index in [-0.39, 0.29) is 0 Å². The Kier molecular flexibility index (Phi) is 2.02. The molecular formula is C14H12N. The van der Waals surface area contributed by atoms with Crippen LogP contribution in [0.1, 0.15) is 22.4 Å². The van der Waals surface area contributed by atoms with Gasteiger partial charge in [-0.2, -0.15) is 0 Å². The van der Waals surface area contributed by atoms with Gasteiger partial charge in [0.15, 0.2) is 0 Å². The number of rotatable bonds is 0. The Morgan fingerprint density at radius 1 is 0.867 bits per heavy atom. The summed E-state index contributed by atoms with van der Waals surface area (Å²) in [5.74, 6) is 0. The molecule has 2 aromatic rings. The quantitative estimate of drug-likeness (QED) is 0.628. The highest BCUT2D eigenvalue weighted by Crippen LogP contribution is 2.23. The molecule has 3 rings (SSSR count). The van der Waals surface area contributed by atoms with Crippen LogP contribution in [-0.4, -0.2) is 4.98 Å². The van der Waals surface area contributed by atoms with Crippen molar-refractivity contribution in [2.24, 2.45) is 0 Å². The predicted octanol–water partition coefficient (Wildman–Crippen LogP) is 2.78. The van der Waals surface area contributed by atoms with Crippen molar-refractivity contribution in [1.29, 1.82) is 0 Å². The molecule has 0 N–H and O–H groups in total. The van der Waals surface area contributed by atoms with E-state index in [0.29, 0.717) is 0 Å². The number of aromatic nitrogens is 1. The van der Waals surface area contributed by atoms with Gasteiger partial charge in [-0.25, -0.2) is 0 Å². The lowest BCUT2D eigenvalue weighted by Gasteiger charge is -2.03. The van der Waals surface area contributed by atoms with Crippen LogP contribution in [0.3, 0.4) is 0 Å². The Labute approximate surface area is 89.8 Å². The van der Waals surface area contributed by atoms with Crippen LogP contribution in [-0.2, 0) is 12.8 Å². The first-order valence-corrected chi connectivity index (χ1v) is 5.30. The van der Waals surface area contributed by atoms with Crippen LogP contribution < -0.4 is 0 Å². The van der Waals surface area contributed by atoms with E-state index in [0.717, 1.165) is 12.8 Å². The Hall–Kier alpha value is -1.63. The minimum Gasteiger partial charge on any atom is -0.261 e. The van der Waals surface area contributed by atoms with E-state index in [1.54, 1.807) is 0 Å². The van der Waals surface area contributed by atoms with Gasteiger partial charge in [-0.1, -0.05) is 30.3 Å². The van der Waals surface area contributed by atoms with E-state index in [1.165, 1.54) is 22.4 Å². The van der Waals surface area contributed by atoms with Gasteiger partial charge < -0.3 is 0 Å². The van der Waals surface area contributed by atoms with E-state index in [4.69, 9.17) is 0 Å². The SMILES string of the molecule is [CH]1c2ccccc2CCc2ncccc21. The van der Waals surface area contributed by atoms with Crippen molar-refractivity contribution in [2.75, 3.05) is 0 Å². The lowest BCUT2D eigenvalue weighted by atomic mass is 10.0. The van der Waals surface area contributed by atoms with Crippen LogP contribution in [0.25, 0.3) is 0 Å². The zero-order valence-corrected chi connectivity index (χ0v) is 8.48. The number of aryl methyl sites for hydroxylation is 2. The molecule has 1 heterocycles. The first-order chi connectivity index (χ1) is 7.43. The molecule has 15 heavy (non-hydrogen) atoms. The molecule has 1 heteroatoms. The largest absolute Gasteiger partial charge is 0.261 e. The summed E-state index contributed by atoms with van der Waals surface area (Å²) in [5.41, 5.74) is 5.25. The number of hydrogen-bond acceptors (Lipinski definition) is 1. The average molecular weight is 194 g/mol. The molecule has 1 aliphatic carbocycles. The molecule has 1 radical (unpaired) electrons. The molecule has 1 aliphatic rings. The molecule has 0 spiro atoms. The number of benzene rings is 1. The van der Waals surface area contributed by atoms with Gasteiger partial charge in [0.2, 0.25) is 0 Å². The Morgan fingerprint density at radius 2 is 1.73 bits per heavy atom. The molecule has 1 nitrogen and oxygen atoms in total. The van der Waals surface area contributed by atoms with Crippen molar-refractivity contribution < 1.29 is 0 Å². The molecule has 1 aromatic heterocycles. The van der Waals surface area contributed by atoms with E-state index in [2.05, 4.69) is 41.7 Å². The minimum atomic E-state index is 1.05. The Balaban J connectivity index is 2.10. The van der Waals surface area contributed by atoms with E-state index in [1.807, 2.05) is 12.3 Å². The third-order valence-corrected chi connectivity index (χ3v) is 2.92. The van der Waals surface area contributed by atoms with E-state index < -0.39 is 0 Å². The normalized spacial score (nSPS) is 13.9. The second-order valence-corrected chi connectivity index (χ2v) is 3.88. The van der Waals surface area contributed by atoms with Gasteiger partial charge in [0.05, 0.1) is 0 Å². The summed E-state index contributed by atoms with van der Waals surface area (Å²) < 4.78 is 0. The van der Waals surface area contributed by atoms with Crippen LogP contribution in [0, 0.1) is 6.42 Å². The maximum Gasteiger partial charge on any atom is 0.0445 e. The molecule has 73 valence electrons. The molecule has 0 saturated heterocycles. The second-order valence-electron chi connectivity index (χ2n) is 3.88. The van der Waals surface area contributed by atoms with Crippen LogP contribution in [0.4, 0.5) is 0 Å². The number of pyridine rings is 1. The lowest BCUT2D eigenvalue weighted by Crippen LogP contribution is -1.94. The topological polar surface area (TPSA) is 12.9 Å². The van der Waals surface area contributed by atoms with Crippen molar-refractivity contribution in [3.63, 3.8) is 0 Å². The first kappa shape index (κ1) is 8.66. The summed E-state index contributed by atoms with van der Waals surface area (Å²) in [7, 11) is 0. The van der Waals surface area contributed by atoms with Gasteiger partial charge in [0.1, 0.15) is 0 Å². The molecule has 0 bridgehead atoms. The molecule has 0 atom stereocenters. The predicted molar refractivity (Wildman–Crippen MR) is 60.6 cm³/mol. The van der Waals surface area contributed by atoms with E-state index >= 15 is 0 Å². The van der Waals surface area contributed by atoms with Crippen molar-refractivity contribution in [3.05, 3.63) is 71.4 Å². The highest BCUT2D eigenvalue weighted by atomic mass is 14.7. The van der Waals surface area contributed by atoms with Gasteiger partial charge >= 0.3 is 0 Å². The van der Waals surface area contributed by atoms with Crippen molar-refractivity contribution >= 4 is 0 Å². The minimum absolute atomic E-state index is 1.05. The third-order valence-electron chi connectivity index (χ3n) is 2.92. The lowest BCUT2D eigenvalue weighted by molar-refractivity contribution is 0.918. The smallest absolute Gasteiger partial charge is 0.0445 e. The summed E-state index contributed by atoms with van der Waals surface area (Å²) in [6.07, 6.45) is 6.26. The maximum absolute atomic E-state index is 4.43. The number of hydrogen-bond donors (Lipinski definition) is 0.